The summed E-state index contributed by atoms with van der Waals surface area (Å²) in [5.41, 5.74) is -1.26. The first kappa shape index (κ1) is 16.3. The van der Waals surface area contributed by atoms with Gasteiger partial charge in [0.05, 0.1) is 24.3 Å². The number of esters is 1. The molecule has 1 aromatic rings. The van der Waals surface area contributed by atoms with Crippen molar-refractivity contribution in [3.63, 3.8) is 0 Å². The minimum absolute atomic E-state index is 0.303. The monoisotopic (exact) mass is 293 g/mol. The number of carbonyl (C=O) groups is 1. The molecule has 0 bridgehead atoms. The van der Waals surface area contributed by atoms with E-state index in [0.29, 0.717) is 12.1 Å². The molecule has 1 aromatic carbocycles. The predicted octanol–water partition coefficient (Wildman–Crippen LogP) is 3.45. The first-order valence-corrected chi connectivity index (χ1v) is 5.88. The fraction of sp³-hybridized carbons (Fsp3) is 0.462. The Balaban J connectivity index is 2.94. The Kier molecular flexibility index (Phi) is 4.97. The van der Waals surface area contributed by atoms with Gasteiger partial charge in [-0.05, 0) is 32.0 Å². The highest BCUT2D eigenvalue weighted by Crippen LogP contribution is 2.32. The first-order valence-electron chi connectivity index (χ1n) is 5.88. The molecule has 0 saturated carbocycles. The molecule has 0 aliphatic carbocycles. The Morgan fingerprint density at radius 3 is 2.40 bits per heavy atom. The van der Waals surface area contributed by atoms with Gasteiger partial charge < -0.3 is 10.1 Å². The van der Waals surface area contributed by atoms with E-state index in [-0.39, 0.29) is 5.69 Å². The molecule has 112 valence electrons. The van der Waals surface area contributed by atoms with E-state index in [9.17, 15) is 22.4 Å². The van der Waals surface area contributed by atoms with Gasteiger partial charge in [0.15, 0.2) is 0 Å². The lowest BCUT2D eigenvalue weighted by atomic mass is 10.0. The largest absolute Gasteiger partial charge is 0.469 e. The van der Waals surface area contributed by atoms with Gasteiger partial charge in [0.2, 0.25) is 0 Å². The molecule has 0 fully saturated rings. The van der Waals surface area contributed by atoms with Crippen LogP contribution in [0.1, 0.15) is 19.4 Å². The third-order valence-corrected chi connectivity index (χ3v) is 3.00. The maximum atomic E-state index is 13.5. The second-order valence-electron chi connectivity index (χ2n) is 4.44. The highest BCUT2D eigenvalue weighted by Gasteiger charge is 2.31. The fourth-order valence-corrected chi connectivity index (χ4v) is 1.57. The number of rotatable bonds is 4. The molecule has 0 aromatic heterocycles. The highest BCUT2D eigenvalue weighted by atomic mass is 19.4. The van der Waals surface area contributed by atoms with Crippen molar-refractivity contribution < 1.29 is 27.1 Å². The zero-order valence-corrected chi connectivity index (χ0v) is 11.2. The van der Waals surface area contributed by atoms with E-state index in [0.717, 1.165) is 6.07 Å². The van der Waals surface area contributed by atoms with Crippen LogP contribution in [0.3, 0.4) is 0 Å². The number of benzene rings is 1. The van der Waals surface area contributed by atoms with Crippen molar-refractivity contribution >= 4 is 11.7 Å². The number of methoxy groups -OCH3 is 1. The number of hydrogen-bond donors (Lipinski definition) is 1. The molecule has 3 nitrogen and oxygen atoms in total. The summed E-state index contributed by atoms with van der Waals surface area (Å²) in [5, 5.41) is 2.56. The number of alkyl halides is 3. The van der Waals surface area contributed by atoms with E-state index < -0.39 is 35.5 Å². The molecule has 7 heteroatoms. The molecular formula is C13H15F4NO2. The third-order valence-electron chi connectivity index (χ3n) is 3.00. The van der Waals surface area contributed by atoms with Crippen LogP contribution in [0.15, 0.2) is 18.2 Å². The van der Waals surface area contributed by atoms with E-state index in [1.165, 1.54) is 14.0 Å². The van der Waals surface area contributed by atoms with Crippen molar-refractivity contribution in [2.24, 2.45) is 5.92 Å². The van der Waals surface area contributed by atoms with Crippen LogP contribution in [-0.2, 0) is 15.7 Å². The van der Waals surface area contributed by atoms with Crippen molar-refractivity contribution in [3.05, 3.63) is 29.6 Å². The van der Waals surface area contributed by atoms with Gasteiger partial charge in [-0.3, -0.25) is 4.79 Å². The number of hydrogen-bond acceptors (Lipinski definition) is 3. The van der Waals surface area contributed by atoms with Gasteiger partial charge in [0.25, 0.3) is 0 Å². The third kappa shape index (κ3) is 3.85. The minimum Gasteiger partial charge on any atom is -0.469 e. The molecule has 2 atom stereocenters. The predicted molar refractivity (Wildman–Crippen MR) is 65.7 cm³/mol. The average molecular weight is 293 g/mol. The lowest BCUT2D eigenvalue weighted by Crippen LogP contribution is -2.31. The Hall–Kier alpha value is -1.79. The number of carbonyl (C=O) groups excluding carboxylic acids is 1. The second-order valence-corrected chi connectivity index (χ2v) is 4.44. The Morgan fingerprint density at radius 1 is 1.30 bits per heavy atom. The molecule has 1 N–H and O–H groups in total. The molecule has 0 aliphatic rings. The average Bonchev–Trinajstić information content (AvgIpc) is 2.38. The minimum atomic E-state index is -4.55. The first-order chi connectivity index (χ1) is 9.16. The summed E-state index contributed by atoms with van der Waals surface area (Å²) in [5.74, 6) is -1.98. The van der Waals surface area contributed by atoms with Crippen molar-refractivity contribution in [2.45, 2.75) is 26.1 Å². The topological polar surface area (TPSA) is 38.3 Å². The summed E-state index contributed by atoms with van der Waals surface area (Å²) >= 11 is 0. The Morgan fingerprint density at radius 2 is 1.90 bits per heavy atom. The van der Waals surface area contributed by atoms with Gasteiger partial charge in [-0.2, -0.15) is 13.2 Å². The van der Waals surface area contributed by atoms with Crippen LogP contribution >= 0.6 is 0 Å². The van der Waals surface area contributed by atoms with Gasteiger partial charge in [-0.15, -0.1) is 0 Å². The van der Waals surface area contributed by atoms with Gasteiger partial charge in [-0.1, -0.05) is 0 Å². The maximum Gasteiger partial charge on any atom is 0.416 e. The van der Waals surface area contributed by atoms with Gasteiger partial charge in [-0.25, -0.2) is 4.39 Å². The molecule has 2 unspecified atom stereocenters. The van der Waals surface area contributed by atoms with Crippen LogP contribution in [0.4, 0.5) is 23.2 Å². The van der Waals surface area contributed by atoms with Crippen molar-refractivity contribution in [1.29, 1.82) is 0 Å². The summed E-state index contributed by atoms with van der Waals surface area (Å²) in [6, 6.07) is 1.49. The van der Waals surface area contributed by atoms with E-state index >= 15 is 0 Å². The fourth-order valence-electron chi connectivity index (χ4n) is 1.57. The Labute approximate surface area is 113 Å². The zero-order valence-electron chi connectivity index (χ0n) is 11.2. The molecular weight excluding hydrogens is 278 g/mol. The second kappa shape index (κ2) is 6.11. The van der Waals surface area contributed by atoms with Gasteiger partial charge >= 0.3 is 12.1 Å². The molecule has 0 radical (unpaired) electrons. The summed E-state index contributed by atoms with van der Waals surface area (Å²) < 4.78 is 55.7. The van der Waals surface area contributed by atoms with E-state index in [1.807, 2.05) is 0 Å². The number of halogens is 4. The number of nitrogens with one attached hydrogen (secondary N) is 1. The zero-order chi connectivity index (χ0) is 15.5. The summed E-state index contributed by atoms with van der Waals surface area (Å²) in [6.45, 7) is 3.09. The van der Waals surface area contributed by atoms with Crippen LogP contribution in [0.25, 0.3) is 0 Å². The Bertz CT molecular complexity index is 488. The van der Waals surface area contributed by atoms with Crippen LogP contribution in [-0.4, -0.2) is 19.1 Å². The van der Waals surface area contributed by atoms with Gasteiger partial charge in [0.1, 0.15) is 5.82 Å². The van der Waals surface area contributed by atoms with Crippen LogP contribution < -0.4 is 5.32 Å². The molecule has 0 heterocycles. The highest BCUT2D eigenvalue weighted by molar-refractivity contribution is 5.73. The molecule has 0 saturated heterocycles. The van der Waals surface area contributed by atoms with E-state index in [4.69, 9.17) is 0 Å². The smallest absolute Gasteiger partial charge is 0.416 e. The summed E-state index contributed by atoms with van der Waals surface area (Å²) in [6.07, 6.45) is -4.55. The molecule has 0 amide bonds. The molecule has 20 heavy (non-hydrogen) atoms. The van der Waals surface area contributed by atoms with Crippen molar-refractivity contribution in [2.75, 3.05) is 12.4 Å². The summed E-state index contributed by atoms with van der Waals surface area (Å²) in [4.78, 5) is 11.3. The van der Waals surface area contributed by atoms with Crippen molar-refractivity contribution in [3.8, 4) is 0 Å². The SMILES string of the molecule is COC(=O)C(C)C(C)Nc1cc(C(F)(F)F)ccc1F. The normalized spacial score (nSPS) is 14.6. The van der Waals surface area contributed by atoms with E-state index in [2.05, 4.69) is 10.1 Å². The van der Waals surface area contributed by atoms with Gasteiger partial charge in [0, 0.05) is 6.04 Å². The molecule has 0 aliphatic heterocycles. The molecule has 0 spiro atoms. The summed E-state index contributed by atoms with van der Waals surface area (Å²) in [7, 11) is 1.20. The van der Waals surface area contributed by atoms with E-state index in [1.54, 1.807) is 6.92 Å². The number of ether oxygens (including phenoxy) is 1. The lowest BCUT2D eigenvalue weighted by molar-refractivity contribution is -0.145. The standard InChI is InChI=1S/C13H15F4NO2/c1-7(12(19)20-3)8(2)18-11-6-9(13(15,16)17)4-5-10(11)14/h4-8,18H,1-3H3. The lowest BCUT2D eigenvalue weighted by Gasteiger charge is -2.21. The number of anilines is 1. The quantitative estimate of drug-likeness (QED) is 0.682. The van der Waals surface area contributed by atoms with Crippen molar-refractivity contribution in [1.82, 2.24) is 0 Å². The maximum absolute atomic E-state index is 13.5. The van der Waals surface area contributed by atoms with Crippen LogP contribution in [0.2, 0.25) is 0 Å². The molecule has 1 rings (SSSR count). The van der Waals surface area contributed by atoms with Crippen LogP contribution in [0.5, 0.6) is 0 Å². The van der Waals surface area contributed by atoms with Crippen LogP contribution in [0, 0.1) is 11.7 Å².